The van der Waals surface area contributed by atoms with Crippen molar-refractivity contribution in [2.24, 2.45) is 5.92 Å². The van der Waals surface area contributed by atoms with Crippen molar-refractivity contribution in [3.63, 3.8) is 0 Å². The second kappa shape index (κ2) is 10.1. The van der Waals surface area contributed by atoms with Crippen molar-refractivity contribution in [3.05, 3.63) is 130 Å². The molecule has 2 heterocycles. The molecule has 2 aliphatic rings. The fraction of sp³-hybridized carbons (Fsp3) is 0.100. The molecule has 2 amide bonds. The van der Waals surface area contributed by atoms with Crippen LogP contribution in [0.4, 0.5) is 17.1 Å². The van der Waals surface area contributed by atoms with Crippen LogP contribution in [0.3, 0.4) is 0 Å². The first-order chi connectivity index (χ1) is 19.4. The van der Waals surface area contributed by atoms with Gasteiger partial charge in [-0.15, -0.1) is 0 Å². The molecule has 0 bridgehead atoms. The second-order valence-corrected chi connectivity index (χ2v) is 9.27. The zero-order valence-corrected chi connectivity index (χ0v) is 20.8. The maximum Gasteiger partial charge on any atom is 0.343 e. The van der Waals surface area contributed by atoms with E-state index in [1.165, 1.54) is 23.3 Å². The number of amides is 2. The van der Waals surface area contributed by atoms with Gasteiger partial charge in [0, 0.05) is 12.1 Å². The number of hydroxylamine groups is 1. The molecule has 0 unspecified atom stereocenters. The Morgan fingerprint density at radius 2 is 1.45 bits per heavy atom. The molecule has 0 saturated carbocycles. The SMILES string of the molecule is O=C(Oc1ccc([C@H]2[C@H]3C(=O)N(c4ccccc4)C(=O)[C@H]3ON2c2cccc([N+](=O)[O-])c2)cc1)c1ccccc1. The molecule has 0 N–H and O–H groups in total. The zero-order valence-electron chi connectivity index (χ0n) is 20.8. The van der Waals surface area contributed by atoms with Crippen LogP contribution >= 0.6 is 0 Å². The minimum Gasteiger partial charge on any atom is -0.423 e. The van der Waals surface area contributed by atoms with Crippen LogP contribution in [-0.2, 0) is 14.4 Å². The molecule has 0 aliphatic carbocycles. The van der Waals surface area contributed by atoms with Gasteiger partial charge in [0.15, 0.2) is 6.10 Å². The Balaban J connectivity index is 1.36. The summed E-state index contributed by atoms with van der Waals surface area (Å²) in [6, 6.07) is 28.7. The molecular formula is C30H21N3O7. The van der Waals surface area contributed by atoms with Gasteiger partial charge in [-0.1, -0.05) is 54.6 Å². The number of fused-ring (bicyclic) bond motifs is 1. The van der Waals surface area contributed by atoms with E-state index in [-0.39, 0.29) is 11.4 Å². The number of para-hydroxylation sites is 1. The van der Waals surface area contributed by atoms with Gasteiger partial charge in [-0.05, 0) is 48.0 Å². The van der Waals surface area contributed by atoms with E-state index in [0.29, 0.717) is 22.5 Å². The number of hydrogen-bond acceptors (Lipinski definition) is 8. The number of rotatable bonds is 6. The van der Waals surface area contributed by atoms with Crippen molar-refractivity contribution in [3.8, 4) is 5.75 Å². The molecule has 3 atom stereocenters. The van der Waals surface area contributed by atoms with Crippen LogP contribution in [0.25, 0.3) is 0 Å². The van der Waals surface area contributed by atoms with Gasteiger partial charge in [0.2, 0.25) is 5.91 Å². The zero-order chi connectivity index (χ0) is 27.8. The smallest absolute Gasteiger partial charge is 0.343 e. The number of imide groups is 1. The van der Waals surface area contributed by atoms with Crippen molar-refractivity contribution in [1.29, 1.82) is 0 Å². The maximum absolute atomic E-state index is 13.7. The topological polar surface area (TPSA) is 119 Å². The number of ether oxygens (including phenoxy) is 1. The Kier molecular flexibility index (Phi) is 6.29. The lowest BCUT2D eigenvalue weighted by atomic mass is 9.90. The number of nitro groups is 1. The first-order valence-electron chi connectivity index (χ1n) is 12.4. The monoisotopic (exact) mass is 535 g/mol. The lowest BCUT2D eigenvalue weighted by molar-refractivity contribution is -0.384. The molecule has 10 heteroatoms. The number of benzene rings is 4. The molecule has 6 rings (SSSR count). The summed E-state index contributed by atoms with van der Waals surface area (Å²) in [5, 5.41) is 12.8. The summed E-state index contributed by atoms with van der Waals surface area (Å²) in [5.74, 6) is -2.13. The minimum absolute atomic E-state index is 0.163. The van der Waals surface area contributed by atoms with Gasteiger partial charge in [-0.2, -0.15) is 0 Å². The van der Waals surface area contributed by atoms with E-state index >= 15 is 0 Å². The molecule has 198 valence electrons. The summed E-state index contributed by atoms with van der Waals surface area (Å²) < 4.78 is 5.48. The van der Waals surface area contributed by atoms with E-state index in [2.05, 4.69) is 0 Å². The van der Waals surface area contributed by atoms with Crippen molar-refractivity contribution >= 4 is 34.8 Å². The summed E-state index contributed by atoms with van der Waals surface area (Å²) in [6.07, 6.45) is -1.13. The van der Waals surface area contributed by atoms with Crippen LogP contribution in [0, 0.1) is 16.0 Å². The lowest BCUT2D eigenvalue weighted by Crippen LogP contribution is -2.37. The van der Waals surface area contributed by atoms with Gasteiger partial charge in [-0.25, -0.2) is 14.8 Å². The predicted molar refractivity (Wildman–Crippen MR) is 143 cm³/mol. The third-order valence-electron chi connectivity index (χ3n) is 6.87. The number of nitrogens with zero attached hydrogens (tertiary/aromatic N) is 3. The van der Waals surface area contributed by atoms with Crippen molar-refractivity contribution in [2.75, 3.05) is 9.96 Å². The predicted octanol–water partition coefficient (Wildman–Crippen LogP) is 4.87. The average Bonchev–Trinajstić information content (AvgIpc) is 3.50. The first kappa shape index (κ1) is 25.0. The number of anilines is 2. The van der Waals surface area contributed by atoms with Crippen molar-refractivity contribution < 1.29 is 28.9 Å². The highest BCUT2D eigenvalue weighted by Gasteiger charge is 2.60. The van der Waals surface area contributed by atoms with Crippen LogP contribution in [0.2, 0.25) is 0 Å². The largest absolute Gasteiger partial charge is 0.423 e. The Labute approximate surface area is 228 Å². The molecule has 40 heavy (non-hydrogen) atoms. The Morgan fingerprint density at radius 3 is 2.12 bits per heavy atom. The van der Waals surface area contributed by atoms with Crippen molar-refractivity contribution in [1.82, 2.24) is 0 Å². The van der Waals surface area contributed by atoms with E-state index in [1.807, 2.05) is 0 Å². The first-order valence-corrected chi connectivity index (χ1v) is 12.4. The molecule has 0 radical (unpaired) electrons. The van der Waals surface area contributed by atoms with E-state index < -0.39 is 40.8 Å². The fourth-order valence-corrected chi connectivity index (χ4v) is 5.03. The number of hydrogen-bond donors (Lipinski definition) is 0. The number of carbonyl (C=O) groups is 3. The van der Waals surface area contributed by atoms with E-state index in [0.717, 1.165) is 4.90 Å². The fourth-order valence-electron chi connectivity index (χ4n) is 5.03. The van der Waals surface area contributed by atoms with Gasteiger partial charge >= 0.3 is 5.97 Å². The van der Waals surface area contributed by atoms with Gasteiger partial charge in [-0.3, -0.25) is 24.5 Å². The van der Waals surface area contributed by atoms with Crippen LogP contribution in [0.15, 0.2) is 109 Å². The summed E-state index contributed by atoms with van der Waals surface area (Å²) in [4.78, 5) is 57.7. The number of nitro benzene ring substituents is 1. The Hall–Kier alpha value is -5.35. The van der Waals surface area contributed by atoms with Crippen molar-refractivity contribution in [2.45, 2.75) is 12.1 Å². The lowest BCUT2D eigenvalue weighted by Gasteiger charge is -2.28. The number of non-ortho nitro benzene ring substituents is 1. The Morgan fingerprint density at radius 1 is 0.800 bits per heavy atom. The highest BCUT2D eigenvalue weighted by Crippen LogP contribution is 2.48. The summed E-state index contributed by atoms with van der Waals surface area (Å²) >= 11 is 0. The summed E-state index contributed by atoms with van der Waals surface area (Å²) in [7, 11) is 0. The van der Waals surface area contributed by atoms with E-state index in [4.69, 9.17) is 9.57 Å². The van der Waals surface area contributed by atoms with Crippen LogP contribution in [0.5, 0.6) is 5.75 Å². The quantitative estimate of drug-likeness (QED) is 0.113. The van der Waals surface area contributed by atoms with Crippen LogP contribution in [-0.4, -0.2) is 28.8 Å². The third kappa shape index (κ3) is 4.36. The number of carbonyl (C=O) groups excluding carboxylic acids is 3. The molecule has 10 nitrogen and oxygen atoms in total. The molecule has 2 fully saturated rings. The average molecular weight is 536 g/mol. The molecule has 2 aliphatic heterocycles. The highest BCUT2D eigenvalue weighted by molar-refractivity contribution is 6.23. The Bertz CT molecular complexity index is 1610. The normalized spacial score (nSPS) is 19.9. The van der Waals surface area contributed by atoms with Gasteiger partial charge in [0.1, 0.15) is 11.7 Å². The maximum atomic E-state index is 13.7. The number of esters is 1. The molecule has 4 aromatic carbocycles. The summed E-state index contributed by atoms with van der Waals surface area (Å²) in [5.41, 5.74) is 1.57. The molecule has 0 spiro atoms. The minimum atomic E-state index is -1.13. The van der Waals surface area contributed by atoms with Gasteiger partial charge in [0.25, 0.3) is 11.6 Å². The van der Waals surface area contributed by atoms with Gasteiger partial charge in [0.05, 0.1) is 27.9 Å². The molecule has 2 saturated heterocycles. The van der Waals surface area contributed by atoms with Crippen LogP contribution in [0.1, 0.15) is 22.0 Å². The molecule has 0 aromatic heterocycles. The van der Waals surface area contributed by atoms with E-state index in [9.17, 15) is 24.5 Å². The molecular weight excluding hydrogens is 514 g/mol. The standard InChI is InChI=1S/C30H21N3O7/c34-28-25-26(19-14-16-24(17-15-19)39-30(36)20-8-3-1-4-9-20)32(22-12-7-13-23(18-22)33(37)38)40-27(25)29(35)31(28)21-10-5-2-6-11-21/h1-18,25-27H/t25-,26+,27+/m1/s1. The van der Waals surface area contributed by atoms with Gasteiger partial charge < -0.3 is 4.74 Å². The summed E-state index contributed by atoms with van der Waals surface area (Å²) in [6.45, 7) is 0. The third-order valence-corrected chi connectivity index (χ3v) is 6.87. The highest BCUT2D eigenvalue weighted by atomic mass is 16.7. The molecule has 4 aromatic rings. The van der Waals surface area contributed by atoms with Crippen LogP contribution < -0.4 is 14.7 Å². The second-order valence-electron chi connectivity index (χ2n) is 9.27. The van der Waals surface area contributed by atoms with E-state index in [1.54, 1.807) is 91.0 Å².